The fourth-order valence-electron chi connectivity index (χ4n) is 10.4. The molecule has 6 nitrogen and oxygen atoms in total. The first-order chi connectivity index (χ1) is 34.7. The molecule has 0 bridgehead atoms. The van der Waals surface area contributed by atoms with Crippen molar-refractivity contribution >= 4 is 65.4 Å². The summed E-state index contributed by atoms with van der Waals surface area (Å²) in [4.78, 5) is 20.7. The summed E-state index contributed by atoms with van der Waals surface area (Å²) >= 11 is 0. The maximum absolute atomic E-state index is 6.69. The SMILES string of the molecule is c1ccc(-c2nc(-c3ccc(-n4c5ccccc5c5ccccc54)cc3)nc(-c3cccc(-c4cccc(-c5c6c(cc7c(-c8ccccc8)nc8ccccc8c57)oc5ccccc56)c4)c3)n2)cc1. The smallest absolute Gasteiger partial charge is 0.164 e. The van der Waals surface area contributed by atoms with Crippen molar-refractivity contribution in [1.29, 1.82) is 0 Å². The number of fused-ring (bicyclic) bond motifs is 9. The molecule has 0 atom stereocenters. The summed E-state index contributed by atoms with van der Waals surface area (Å²) in [5.41, 5.74) is 15.0. The third kappa shape index (κ3) is 6.49. The van der Waals surface area contributed by atoms with Crippen molar-refractivity contribution in [1.82, 2.24) is 24.5 Å². The molecule has 70 heavy (non-hydrogen) atoms. The van der Waals surface area contributed by atoms with Crippen LogP contribution in [0.3, 0.4) is 0 Å². The minimum atomic E-state index is 0.598. The number of para-hydroxylation sites is 4. The van der Waals surface area contributed by atoms with E-state index in [1.165, 1.54) is 21.8 Å². The summed E-state index contributed by atoms with van der Waals surface area (Å²) in [6, 6.07) is 82.7. The molecule has 14 aromatic rings. The van der Waals surface area contributed by atoms with Gasteiger partial charge in [0.2, 0.25) is 0 Å². The highest BCUT2D eigenvalue weighted by atomic mass is 16.3. The molecular weight excluding hydrogens is 855 g/mol. The topological polar surface area (TPSA) is 69.6 Å². The van der Waals surface area contributed by atoms with Crippen LogP contribution in [0.25, 0.3) is 139 Å². The van der Waals surface area contributed by atoms with Crippen LogP contribution < -0.4 is 0 Å². The number of furan rings is 1. The standard InChI is InChI=1S/C64H39N5O/c1-3-17-40(18-4-1)61-52-39-57-60(51-28-10-14-32-56(51)70-57)58(59(52)50-27-7-11-29-53(50)65-61)45-23-15-21-43(37-45)44-22-16-24-46(38-44)64-67-62(41-19-5-2-6-20-41)66-63(68-64)42-33-35-47(36-34-42)69-54-30-12-8-25-48(54)49-26-9-13-31-55(49)69/h1-39H. The Labute approximate surface area is 402 Å². The molecule has 0 unspecified atom stereocenters. The lowest BCUT2D eigenvalue weighted by molar-refractivity contribution is 0.669. The van der Waals surface area contributed by atoms with Gasteiger partial charge >= 0.3 is 0 Å². The van der Waals surface area contributed by atoms with Gasteiger partial charge in [-0.3, -0.25) is 0 Å². The highest BCUT2D eigenvalue weighted by molar-refractivity contribution is 6.28. The van der Waals surface area contributed by atoms with Crippen LogP contribution in [-0.4, -0.2) is 24.5 Å². The van der Waals surface area contributed by atoms with E-state index in [1.807, 2.05) is 42.5 Å². The Morgan fingerprint density at radius 2 is 0.800 bits per heavy atom. The van der Waals surface area contributed by atoms with Gasteiger partial charge in [-0.15, -0.1) is 0 Å². The van der Waals surface area contributed by atoms with Crippen LogP contribution in [0.1, 0.15) is 0 Å². The van der Waals surface area contributed by atoms with Crippen LogP contribution in [0.4, 0.5) is 0 Å². The van der Waals surface area contributed by atoms with E-state index in [0.29, 0.717) is 17.5 Å². The molecule has 14 rings (SSSR count). The number of nitrogens with zero attached hydrogens (tertiary/aromatic N) is 5. The average molecular weight is 894 g/mol. The Balaban J connectivity index is 0.914. The van der Waals surface area contributed by atoms with E-state index in [4.69, 9.17) is 24.4 Å². The zero-order chi connectivity index (χ0) is 46.1. The van der Waals surface area contributed by atoms with Crippen LogP contribution in [0.2, 0.25) is 0 Å². The molecule has 0 fully saturated rings. The fourth-order valence-corrected chi connectivity index (χ4v) is 10.4. The molecule has 0 aliphatic carbocycles. The monoisotopic (exact) mass is 893 g/mol. The fraction of sp³-hybridized carbons (Fsp3) is 0. The Morgan fingerprint density at radius 3 is 1.49 bits per heavy atom. The summed E-state index contributed by atoms with van der Waals surface area (Å²) in [7, 11) is 0. The van der Waals surface area contributed by atoms with Gasteiger partial charge < -0.3 is 8.98 Å². The van der Waals surface area contributed by atoms with Crippen molar-refractivity contribution in [2.24, 2.45) is 0 Å². The minimum Gasteiger partial charge on any atom is -0.456 e. The van der Waals surface area contributed by atoms with Gasteiger partial charge in [-0.1, -0.05) is 170 Å². The molecule has 0 aliphatic rings. The molecule has 0 radical (unpaired) electrons. The lowest BCUT2D eigenvalue weighted by atomic mass is 9.88. The van der Waals surface area contributed by atoms with Crippen molar-refractivity contribution in [3.8, 4) is 73.4 Å². The first kappa shape index (κ1) is 39.6. The minimum absolute atomic E-state index is 0.598. The van der Waals surface area contributed by atoms with Gasteiger partial charge in [0, 0.05) is 71.2 Å². The second-order valence-corrected chi connectivity index (χ2v) is 17.7. The molecule has 0 spiro atoms. The molecule has 6 heteroatoms. The molecular formula is C64H39N5O. The zero-order valence-corrected chi connectivity index (χ0v) is 37.7. The van der Waals surface area contributed by atoms with Gasteiger partial charge in [0.15, 0.2) is 17.5 Å². The zero-order valence-electron chi connectivity index (χ0n) is 37.7. The van der Waals surface area contributed by atoms with Crippen molar-refractivity contribution in [3.05, 3.63) is 237 Å². The maximum atomic E-state index is 6.69. The van der Waals surface area contributed by atoms with E-state index in [-0.39, 0.29) is 0 Å². The average Bonchev–Trinajstić information content (AvgIpc) is 3.98. The van der Waals surface area contributed by atoms with E-state index >= 15 is 0 Å². The van der Waals surface area contributed by atoms with Crippen molar-refractivity contribution in [2.75, 3.05) is 0 Å². The third-order valence-electron chi connectivity index (χ3n) is 13.6. The molecule has 0 amide bonds. The number of rotatable bonds is 7. The van der Waals surface area contributed by atoms with E-state index < -0.39 is 0 Å². The molecule has 0 saturated carbocycles. The summed E-state index contributed by atoms with van der Waals surface area (Å²) in [6.07, 6.45) is 0. The summed E-state index contributed by atoms with van der Waals surface area (Å²) in [5, 5.41) is 7.89. The summed E-state index contributed by atoms with van der Waals surface area (Å²) < 4.78 is 9.02. The molecule has 4 heterocycles. The van der Waals surface area contributed by atoms with E-state index in [2.05, 4.69) is 199 Å². The summed E-state index contributed by atoms with van der Waals surface area (Å²) in [6.45, 7) is 0. The second-order valence-electron chi connectivity index (χ2n) is 17.7. The lowest BCUT2D eigenvalue weighted by Gasteiger charge is -2.16. The Kier molecular flexibility index (Phi) is 9.10. The lowest BCUT2D eigenvalue weighted by Crippen LogP contribution is -2.00. The normalized spacial score (nSPS) is 11.7. The first-order valence-corrected chi connectivity index (χ1v) is 23.5. The number of hydrogen-bond acceptors (Lipinski definition) is 5. The van der Waals surface area contributed by atoms with Gasteiger partial charge in [-0.25, -0.2) is 19.9 Å². The first-order valence-electron chi connectivity index (χ1n) is 23.5. The summed E-state index contributed by atoms with van der Waals surface area (Å²) in [5.74, 6) is 1.82. The maximum Gasteiger partial charge on any atom is 0.164 e. The van der Waals surface area contributed by atoms with Crippen molar-refractivity contribution < 1.29 is 4.42 Å². The molecule has 326 valence electrons. The molecule has 4 aromatic heterocycles. The predicted molar refractivity (Wildman–Crippen MR) is 287 cm³/mol. The molecule has 0 aliphatic heterocycles. The van der Waals surface area contributed by atoms with Gasteiger partial charge in [0.25, 0.3) is 0 Å². The van der Waals surface area contributed by atoms with Gasteiger partial charge in [-0.05, 0) is 83.4 Å². The van der Waals surface area contributed by atoms with Crippen LogP contribution in [0, 0.1) is 0 Å². The van der Waals surface area contributed by atoms with E-state index in [0.717, 1.165) is 99.5 Å². The Morgan fingerprint density at radius 1 is 0.300 bits per heavy atom. The number of hydrogen-bond donors (Lipinski definition) is 0. The van der Waals surface area contributed by atoms with Gasteiger partial charge in [0.1, 0.15) is 11.2 Å². The quantitative estimate of drug-likeness (QED) is 0.149. The van der Waals surface area contributed by atoms with Crippen LogP contribution >= 0.6 is 0 Å². The molecule has 10 aromatic carbocycles. The van der Waals surface area contributed by atoms with Crippen LogP contribution in [0.5, 0.6) is 0 Å². The van der Waals surface area contributed by atoms with Gasteiger partial charge in [-0.2, -0.15) is 0 Å². The van der Waals surface area contributed by atoms with E-state index in [1.54, 1.807) is 0 Å². The predicted octanol–water partition coefficient (Wildman–Crippen LogP) is 16.6. The highest BCUT2D eigenvalue weighted by Gasteiger charge is 2.22. The third-order valence-corrected chi connectivity index (χ3v) is 13.6. The second kappa shape index (κ2) is 16.1. The highest BCUT2D eigenvalue weighted by Crippen LogP contribution is 2.47. The number of aromatic nitrogens is 5. The van der Waals surface area contributed by atoms with Crippen LogP contribution in [0.15, 0.2) is 241 Å². The largest absolute Gasteiger partial charge is 0.456 e. The van der Waals surface area contributed by atoms with Crippen molar-refractivity contribution in [3.63, 3.8) is 0 Å². The van der Waals surface area contributed by atoms with E-state index in [9.17, 15) is 0 Å². The molecule has 0 saturated heterocycles. The Bertz CT molecular complexity index is 4290. The van der Waals surface area contributed by atoms with Crippen LogP contribution in [-0.2, 0) is 0 Å². The Hall–Kier alpha value is -9.52. The molecule has 0 N–H and O–H groups in total. The number of benzene rings is 10. The van der Waals surface area contributed by atoms with Gasteiger partial charge in [0.05, 0.1) is 22.2 Å². The number of pyridine rings is 1. The van der Waals surface area contributed by atoms with Crippen molar-refractivity contribution in [2.45, 2.75) is 0 Å².